The Balaban J connectivity index is 2.02. The quantitative estimate of drug-likeness (QED) is 0.826. The molecule has 102 valence electrons. The van der Waals surface area contributed by atoms with Gasteiger partial charge in [0.1, 0.15) is 5.15 Å². The van der Waals surface area contributed by atoms with E-state index in [-0.39, 0.29) is 17.5 Å². The predicted octanol–water partition coefficient (Wildman–Crippen LogP) is 2.10. The van der Waals surface area contributed by atoms with E-state index in [1.165, 1.54) is 12.3 Å². The molecule has 19 heavy (non-hydrogen) atoms. The highest BCUT2D eigenvalue weighted by molar-refractivity contribution is 6.29. The zero-order valence-electron chi connectivity index (χ0n) is 10.2. The van der Waals surface area contributed by atoms with Crippen LogP contribution in [0.4, 0.5) is 5.95 Å². The van der Waals surface area contributed by atoms with Gasteiger partial charge in [-0.25, -0.2) is 9.97 Å². The van der Waals surface area contributed by atoms with E-state index in [0.29, 0.717) is 12.8 Å². The molecule has 1 saturated carbocycles. The van der Waals surface area contributed by atoms with E-state index in [4.69, 9.17) is 11.6 Å². The Kier molecular flexibility index (Phi) is 3.99. The molecule has 2 N–H and O–H groups in total. The van der Waals surface area contributed by atoms with Crippen LogP contribution in [0.3, 0.4) is 0 Å². The lowest BCUT2D eigenvalue weighted by atomic mass is 9.82. The van der Waals surface area contributed by atoms with Crippen molar-refractivity contribution >= 4 is 29.4 Å². The number of anilines is 1. The van der Waals surface area contributed by atoms with Crippen molar-refractivity contribution in [3.8, 4) is 0 Å². The number of carbonyl (C=O) groups excluding carboxylic acids is 1. The molecule has 1 heterocycles. The summed E-state index contributed by atoms with van der Waals surface area (Å²) in [7, 11) is 0. The van der Waals surface area contributed by atoms with Gasteiger partial charge in [0.05, 0.1) is 5.41 Å². The van der Waals surface area contributed by atoms with Crippen molar-refractivity contribution < 1.29 is 14.7 Å². The van der Waals surface area contributed by atoms with E-state index in [2.05, 4.69) is 15.3 Å². The maximum atomic E-state index is 11.9. The molecule has 1 aliphatic rings. The number of hydrogen-bond donors (Lipinski definition) is 2. The number of carbonyl (C=O) groups is 2. The molecule has 0 unspecified atom stereocenters. The van der Waals surface area contributed by atoms with Crippen molar-refractivity contribution in [3.05, 3.63) is 17.4 Å². The number of aliphatic carboxylic acids is 1. The van der Waals surface area contributed by atoms with E-state index in [9.17, 15) is 14.7 Å². The monoisotopic (exact) mass is 283 g/mol. The van der Waals surface area contributed by atoms with E-state index in [1.54, 1.807) is 0 Å². The Labute approximate surface area is 115 Å². The predicted molar refractivity (Wildman–Crippen MR) is 68.8 cm³/mol. The summed E-state index contributed by atoms with van der Waals surface area (Å²) in [5.41, 5.74) is -0.942. The average molecular weight is 284 g/mol. The lowest BCUT2D eigenvalue weighted by Gasteiger charge is -2.22. The van der Waals surface area contributed by atoms with Gasteiger partial charge in [-0.3, -0.25) is 14.9 Å². The summed E-state index contributed by atoms with van der Waals surface area (Å²) in [5, 5.41) is 12.0. The normalized spacial score (nSPS) is 17.1. The third-order valence-electron chi connectivity index (χ3n) is 3.39. The van der Waals surface area contributed by atoms with Crippen LogP contribution in [0.1, 0.15) is 32.1 Å². The Morgan fingerprint density at radius 1 is 1.42 bits per heavy atom. The van der Waals surface area contributed by atoms with Crippen molar-refractivity contribution in [2.45, 2.75) is 32.1 Å². The SMILES string of the molecule is O=C(CC1(C(=O)O)CCCC1)Nc1nccc(Cl)n1. The van der Waals surface area contributed by atoms with Gasteiger partial charge in [0, 0.05) is 12.6 Å². The first-order valence-electron chi connectivity index (χ1n) is 6.04. The molecule has 1 aromatic rings. The standard InChI is InChI=1S/C12H14ClN3O3/c13-8-3-6-14-11(15-8)16-9(17)7-12(10(18)19)4-1-2-5-12/h3,6H,1-2,4-5,7H2,(H,18,19)(H,14,15,16,17). The van der Waals surface area contributed by atoms with Crippen molar-refractivity contribution in [1.82, 2.24) is 9.97 Å². The Bertz CT molecular complexity index is 501. The molecular formula is C12H14ClN3O3. The second-order valence-corrected chi connectivity index (χ2v) is 5.11. The second-order valence-electron chi connectivity index (χ2n) is 4.72. The first kappa shape index (κ1) is 13.7. The minimum atomic E-state index is -0.942. The maximum absolute atomic E-state index is 11.9. The van der Waals surface area contributed by atoms with Gasteiger partial charge in [0.2, 0.25) is 11.9 Å². The lowest BCUT2D eigenvalue weighted by Crippen LogP contribution is -2.33. The van der Waals surface area contributed by atoms with Gasteiger partial charge >= 0.3 is 5.97 Å². The Hall–Kier alpha value is -1.69. The third-order valence-corrected chi connectivity index (χ3v) is 3.60. The van der Waals surface area contributed by atoms with Crippen LogP contribution in [0.5, 0.6) is 0 Å². The summed E-state index contributed by atoms with van der Waals surface area (Å²) >= 11 is 5.68. The Morgan fingerprint density at radius 3 is 2.68 bits per heavy atom. The minimum Gasteiger partial charge on any atom is -0.481 e. The fourth-order valence-electron chi connectivity index (χ4n) is 2.39. The highest BCUT2D eigenvalue weighted by atomic mass is 35.5. The first-order chi connectivity index (χ1) is 9.02. The molecule has 0 radical (unpaired) electrons. The van der Waals surface area contributed by atoms with Crippen molar-refractivity contribution in [1.29, 1.82) is 0 Å². The zero-order valence-corrected chi connectivity index (χ0v) is 11.0. The summed E-state index contributed by atoms with van der Waals surface area (Å²) in [6.45, 7) is 0. The minimum absolute atomic E-state index is 0.0573. The summed E-state index contributed by atoms with van der Waals surface area (Å²) in [4.78, 5) is 30.9. The number of carboxylic acid groups (broad SMARTS) is 1. The van der Waals surface area contributed by atoms with Gasteiger partial charge in [-0.15, -0.1) is 0 Å². The number of rotatable bonds is 4. The maximum Gasteiger partial charge on any atom is 0.310 e. The molecule has 0 bridgehead atoms. The molecule has 0 aromatic carbocycles. The topological polar surface area (TPSA) is 92.2 Å². The number of nitrogens with one attached hydrogen (secondary N) is 1. The van der Waals surface area contributed by atoms with E-state index in [0.717, 1.165) is 12.8 Å². The second kappa shape index (κ2) is 5.52. The van der Waals surface area contributed by atoms with E-state index >= 15 is 0 Å². The first-order valence-corrected chi connectivity index (χ1v) is 6.41. The zero-order chi connectivity index (χ0) is 13.9. The number of halogens is 1. The average Bonchev–Trinajstić information content (AvgIpc) is 2.78. The van der Waals surface area contributed by atoms with Crippen LogP contribution in [0, 0.1) is 5.41 Å². The van der Waals surface area contributed by atoms with E-state index < -0.39 is 17.3 Å². The number of aromatic nitrogens is 2. The van der Waals surface area contributed by atoms with Gasteiger partial charge in [-0.1, -0.05) is 24.4 Å². The highest BCUT2D eigenvalue weighted by Crippen LogP contribution is 2.41. The van der Waals surface area contributed by atoms with Gasteiger partial charge < -0.3 is 5.11 Å². The van der Waals surface area contributed by atoms with Crippen LogP contribution < -0.4 is 5.32 Å². The molecular weight excluding hydrogens is 270 g/mol. The molecule has 7 heteroatoms. The number of nitrogens with zero attached hydrogens (tertiary/aromatic N) is 2. The fourth-order valence-corrected chi connectivity index (χ4v) is 2.53. The number of carboxylic acids is 1. The van der Waals surface area contributed by atoms with Crippen LogP contribution >= 0.6 is 11.6 Å². The summed E-state index contributed by atoms with van der Waals surface area (Å²) in [6, 6.07) is 1.49. The summed E-state index contributed by atoms with van der Waals surface area (Å²) in [5.74, 6) is -1.21. The summed E-state index contributed by atoms with van der Waals surface area (Å²) in [6.07, 6.45) is 4.12. The molecule has 1 aromatic heterocycles. The van der Waals surface area contributed by atoms with Gasteiger partial charge in [-0.05, 0) is 18.9 Å². The molecule has 0 saturated heterocycles. The summed E-state index contributed by atoms with van der Waals surface area (Å²) < 4.78 is 0. The highest BCUT2D eigenvalue weighted by Gasteiger charge is 2.43. The van der Waals surface area contributed by atoms with Gasteiger partial charge in [-0.2, -0.15) is 0 Å². The molecule has 1 aliphatic carbocycles. The van der Waals surface area contributed by atoms with Crippen LogP contribution in [-0.2, 0) is 9.59 Å². The molecule has 0 atom stereocenters. The van der Waals surface area contributed by atoms with Crippen LogP contribution in [0.25, 0.3) is 0 Å². The van der Waals surface area contributed by atoms with Gasteiger partial charge in [0.25, 0.3) is 0 Å². The number of amides is 1. The van der Waals surface area contributed by atoms with Crippen LogP contribution in [-0.4, -0.2) is 27.0 Å². The lowest BCUT2D eigenvalue weighted by molar-refractivity contribution is -0.150. The largest absolute Gasteiger partial charge is 0.481 e. The molecule has 1 fully saturated rings. The van der Waals surface area contributed by atoms with Crippen molar-refractivity contribution in [3.63, 3.8) is 0 Å². The van der Waals surface area contributed by atoms with Crippen molar-refractivity contribution in [2.75, 3.05) is 5.32 Å². The smallest absolute Gasteiger partial charge is 0.310 e. The molecule has 0 spiro atoms. The molecule has 0 aliphatic heterocycles. The molecule has 1 amide bonds. The number of hydrogen-bond acceptors (Lipinski definition) is 4. The van der Waals surface area contributed by atoms with Crippen LogP contribution in [0.2, 0.25) is 5.15 Å². The fraction of sp³-hybridized carbons (Fsp3) is 0.500. The molecule has 6 nitrogen and oxygen atoms in total. The van der Waals surface area contributed by atoms with E-state index in [1.807, 2.05) is 0 Å². The van der Waals surface area contributed by atoms with Crippen molar-refractivity contribution in [2.24, 2.45) is 5.41 Å². The van der Waals surface area contributed by atoms with Gasteiger partial charge in [0.15, 0.2) is 0 Å². The Morgan fingerprint density at radius 2 is 2.11 bits per heavy atom. The molecule has 2 rings (SSSR count). The third kappa shape index (κ3) is 3.20. The van der Waals surface area contributed by atoms with Crippen LogP contribution in [0.15, 0.2) is 12.3 Å².